The maximum Gasteiger partial charge on any atom is 0.227 e. The van der Waals surface area contributed by atoms with Crippen molar-refractivity contribution in [2.24, 2.45) is 5.92 Å². The van der Waals surface area contributed by atoms with Gasteiger partial charge in [-0.2, -0.15) is 5.10 Å². The van der Waals surface area contributed by atoms with Crippen molar-refractivity contribution in [1.82, 2.24) is 15.1 Å². The van der Waals surface area contributed by atoms with Crippen molar-refractivity contribution in [3.63, 3.8) is 0 Å². The highest BCUT2D eigenvalue weighted by molar-refractivity contribution is 6.01. The van der Waals surface area contributed by atoms with E-state index < -0.39 is 0 Å². The molecule has 0 aliphatic carbocycles. The van der Waals surface area contributed by atoms with Crippen LogP contribution in [0.1, 0.15) is 17.5 Å². The second kappa shape index (κ2) is 8.82. The minimum absolute atomic E-state index is 0.0706. The Balaban J connectivity index is 1.40. The van der Waals surface area contributed by atoms with E-state index in [1.807, 2.05) is 65.5 Å². The Labute approximate surface area is 175 Å². The highest BCUT2D eigenvalue weighted by Crippen LogP contribution is 2.32. The molecule has 2 aromatic carbocycles. The number of hydrogen-bond donors (Lipinski definition) is 1. The summed E-state index contributed by atoms with van der Waals surface area (Å²) in [6.45, 7) is 1.40. The van der Waals surface area contributed by atoms with Gasteiger partial charge in [-0.25, -0.2) is 0 Å². The average molecular weight is 404 g/mol. The smallest absolute Gasteiger partial charge is 0.227 e. The van der Waals surface area contributed by atoms with Crippen molar-refractivity contribution in [3.8, 4) is 5.75 Å². The molecule has 2 heterocycles. The van der Waals surface area contributed by atoms with Gasteiger partial charge in [0.1, 0.15) is 5.75 Å². The molecular formula is C23H24N4O3. The van der Waals surface area contributed by atoms with Gasteiger partial charge in [-0.15, -0.1) is 0 Å². The van der Waals surface area contributed by atoms with Crippen molar-refractivity contribution in [2.75, 3.05) is 18.6 Å². The number of carbonyl (C=O) groups excluding carboxylic acids is 2. The predicted octanol–water partition coefficient (Wildman–Crippen LogP) is 2.61. The van der Waals surface area contributed by atoms with Gasteiger partial charge in [0.25, 0.3) is 0 Å². The molecular weight excluding hydrogens is 380 g/mol. The Morgan fingerprint density at radius 2 is 1.90 bits per heavy atom. The normalized spacial score (nSPS) is 16.0. The lowest BCUT2D eigenvalue weighted by atomic mass is 10.1. The number of anilines is 1. The van der Waals surface area contributed by atoms with Crippen LogP contribution in [0.4, 0.5) is 5.69 Å². The molecule has 30 heavy (non-hydrogen) atoms. The molecule has 2 amide bonds. The molecule has 3 aromatic rings. The van der Waals surface area contributed by atoms with E-state index in [-0.39, 0.29) is 24.2 Å². The fraction of sp³-hybridized carbons (Fsp3) is 0.261. The zero-order chi connectivity index (χ0) is 20.9. The van der Waals surface area contributed by atoms with Crippen LogP contribution in [0, 0.1) is 5.92 Å². The molecule has 1 N–H and O–H groups in total. The van der Waals surface area contributed by atoms with Gasteiger partial charge in [0, 0.05) is 31.9 Å². The summed E-state index contributed by atoms with van der Waals surface area (Å²) in [5.74, 6) is 0.0496. The fourth-order valence-electron chi connectivity index (χ4n) is 3.75. The fourth-order valence-corrected chi connectivity index (χ4v) is 3.75. The van der Waals surface area contributed by atoms with Crippen LogP contribution in [0.3, 0.4) is 0 Å². The third-order valence-electron chi connectivity index (χ3n) is 5.33. The SMILES string of the molecule is COc1ccccc1N1CC(C(=O)NCc2ccccc2Cn2cccn2)CC1=O. The Kier molecular flexibility index (Phi) is 5.79. The molecule has 1 saturated heterocycles. The molecule has 0 bridgehead atoms. The maximum atomic E-state index is 12.8. The van der Waals surface area contributed by atoms with Gasteiger partial charge in [0.2, 0.25) is 11.8 Å². The molecule has 154 valence electrons. The maximum absolute atomic E-state index is 12.8. The van der Waals surface area contributed by atoms with Gasteiger partial charge in [-0.1, -0.05) is 36.4 Å². The predicted molar refractivity (Wildman–Crippen MR) is 113 cm³/mol. The van der Waals surface area contributed by atoms with Crippen LogP contribution < -0.4 is 15.0 Å². The summed E-state index contributed by atoms with van der Waals surface area (Å²) < 4.78 is 7.21. The van der Waals surface area contributed by atoms with E-state index in [1.165, 1.54) is 0 Å². The second-order valence-corrected chi connectivity index (χ2v) is 7.27. The van der Waals surface area contributed by atoms with Crippen LogP contribution in [-0.4, -0.2) is 35.2 Å². The second-order valence-electron chi connectivity index (χ2n) is 7.27. The highest BCUT2D eigenvalue weighted by atomic mass is 16.5. The topological polar surface area (TPSA) is 76.5 Å². The number of nitrogens with one attached hydrogen (secondary N) is 1. The summed E-state index contributed by atoms with van der Waals surface area (Å²) in [6.07, 6.45) is 3.85. The molecule has 1 aliphatic rings. The first kappa shape index (κ1) is 19.7. The van der Waals surface area contributed by atoms with E-state index in [2.05, 4.69) is 10.4 Å². The van der Waals surface area contributed by atoms with Crippen LogP contribution >= 0.6 is 0 Å². The number of para-hydroxylation sites is 2. The molecule has 7 nitrogen and oxygen atoms in total. The number of methoxy groups -OCH3 is 1. The number of rotatable bonds is 7. The summed E-state index contributed by atoms with van der Waals surface area (Å²) >= 11 is 0. The number of carbonyl (C=O) groups is 2. The standard InChI is InChI=1S/C23H24N4O3/c1-30-21-10-5-4-9-20(21)27-16-19(13-22(27)28)23(29)24-14-17-7-2-3-8-18(17)15-26-12-6-11-25-26/h2-12,19H,13-16H2,1H3,(H,24,29). The molecule has 7 heteroatoms. The number of ether oxygens (including phenoxy) is 1. The molecule has 1 aliphatic heterocycles. The molecule has 1 aromatic heterocycles. The molecule has 1 fully saturated rings. The Morgan fingerprint density at radius 3 is 2.67 bits per heavy atom. The summed E-state index contributed by atoms with van der Waals surface area (Å²) in [7, 11) is 1.57. The third-order valence-corrected chi connectivity index (χ3v) is 5.33. The van der Waals surface area contributed by atoms with E-state index >= 15 is 0 Å². The van der Waals surface area contributed by atoms with Crippen LogP contribution in [-0.2, 0) is 22.7 Å². The summed E-state index contributed by atoms with van der Waals surface area (Å²) in [5.41, 5.74) is 2.83. The van der Waals surface area contributed by atoms with Crippen LogP contribution in [0.25, 0.3) is 0 Å². The molecule has 0 saturated carbocycles. The van der Waals surface area contributed by atoms with Gasteiger partial charge in [-0.05, 0) is 29.3 Å². The largest absolute Gasteiger partial charge is 0.495 e. The zero-order valence-electron chi connectivity index (χ0n) is 16.8. The van der Waals surface area contributed by atoms with E-state index in [0.717, 1.165) is 11.1 Å². The Morgan fingerprint density at radius 1 is 1.13 bits per heavy atom. The summed E-state index contributed by atoms with van der Waals surface area (Å²) in [6, 6.07) is 17.2. The first-order valence-corrected chi connectivity index (χ1v) is 9.91. The Bertz CT molecular complexity index is 1030. The van der Waals surface area contributed by atoms with E-state index in [1.54, 1.807) is 18.2 Å². The van der Waals surface area contributed by atoms with Crippen LogP contribution in [0.2, 0.25) is 0 Å². The monoisotopic (exact) mass is 404 g/mol. The lowest BCUT2D eigenvalue weighted by Gasteiger charge is -2.19. The molecule has 0 spiro atoms. The van der Waals surface area contributed by atoms with Crippen molar-refractivity contribution in [3.05, 3.63) is 78.1 Å². The van der Waals surface area contributed by atoms with Crippen LogP contribution in [0.15, 0.2) is 67.0 Å². The van der Waals surface area contributed by atoms with Gasteiger partial charge in [0.05, 0.1) is 25.3 Å². The molecule has 1 unspecified atom stereocenters. The first-order chi connectivity index (χ1) is 14.7. The van der Waals surface area contributed by atoms with Gasteiger partial charge in [-0.3, -0.25) is 14.3 Å². The van der Waals surface area contributed by atoms with Crippen molar-refractivity contribution in [1.29, 1.82) is 0 Å². The van der Waals surface area contributed by atoms with Gasteiger partial charge >= 0.3 is 0 Å². The quantitative estimate of drug-likeness (QED) is 0.657. The Hall–Kier alpha value is -3.61. The molecule has 1 atom stereocenters. The van der Waals surface area contributed by atoms with Gasteiger partial charge < -0.3 is 15.0 Å². The van der Waals surface area contributed by atoms with E-state index in [4.69, 9.17) is 4.74 Å². The number of hydrogen-bond acceptors (Lipinski definition) is 4. The van der Waals surface area contributed by atoms with E-state index in [0.29, 0.717) is 31.1 Å². The number of benzene rings is 2. The summed E-state index contributed by atoms with van der Waals surface area (Å²) in [5, 5.41) is 7.25. The number of aromatic nitrogens is 2. The minimum Gasteiger partial charge on any atom is -0.495 e. The number of nitrogens with zero attached hydrogens (tertiary/aromatic N) is 3. The third kappa shape index (κ3) is 4.20. The average Bonchev–Trinajstić information content (AvgIpc) is 3.42. The molecule has 0 radical (unpaired) electrons. The lowest BCUT2D eigenvalue weighted by molar-refractivity contribution is -0.126. The summed E-state index contributed by atoms with van der Waals surface area (Å²) in [4.78, 5) is 27.0. The minimum atomic E-state index is -0.388. The van der Waals surface area contributed by atoms with Crippen molar-refractivity contribution in [2.45, 2.75) is 19.5 Å². The zero-order valence-corrected chi connectivity index (χ0v) is 16.8. The number of amides is 2. The van der Waals surface area contributed by atoms with Crippen LogP contribution in [0.5, 0.6) is 5.75 Å². The lowest BCUT2D eigenvalue weighted by Crippen LogP contribution is -2.33. The molecule has 4 rings (SSSR count). The highest BCUT2D eigenvalue weighted by Gasteiger charge is 2.36. The van der Waals surface area contributed by atoms with Gasteiger partial charge in [0.15, 0.2) is 0 Å². The van der Waals surface area contributed by atoms with Crippen molar-refractivity contribution >= 4 is 17.5 Å². The first-order valence-electron chi connectivity index (χ1n) is 9.91. The van der Waals surface area contributed by atoms with E-state index in [9.17, 15) is 9.59 Å². The van der Waals surface area contributed by atoms with Crippen molar-refractivity contribution < 1.29 is 14.3 Å².